The molecular weight excluding hydrogens is 413 g/mol. The molecule has 2 saturated carbocycles. The van der Waals surface area contributed by atoms with Crippen molar-refractivity contribution in [2.75, 3.05) is 0 Å². The number of rotatable bonds is 6. The third kappa shape index (κ3) is 4.74. The van der Waals surface area contributed by atoms with Crippen LogP contribution in [0.25, 0.3) is 0 Å². The van der Waals surface area contributed by atoms with Gasteiger partial charge in [0.25, 0.3) is 0 Å². The predicted molar refractivity (Wildman–Crippen MR) is 154 cm³/mol. The maximum atomic E-state index is 2.61. The monoisotopic (exact) mass is 452 g/mol. The first-order valence-electron chi connectivity index (χ1n) is 13.5. The van der Waals surface area contributed by atoms with Crippen LogP contribution in [0, 0.1) is 0 Å². The minimum absolute atomic E-state index is 0.737. The summed E-state index contributed by atoms with van der Waals surface area (Å²) < 4.78 is 0. The first-order chi connectivity index (χ1) is 16.3. The van der Waals surface area contributed by atoms with Gasteiger partial charge < -0.3 is 0 Å². The molecule has 0 bridgehead atoms. The Kier molecular flexibility index (Phi) is 7.42. The van der Waals surface area contributed by atoms with Gasteiger partial charge in [0, 0.05) is 0 Å². The van der Waals surface area contributed by atoms with Crippen LogP contribution in [-0.4, -0.2) is 14.3 Å². The van der Waals surface area contributed by atoms with Gasteiger partial charge in [-0.15, -0.1) is 0 Å². The van der Waals surface area contributed by atoms with Crippen molar-refractivity contribution in [3.8, 4) is 0 Å². The van der Waals surface area contributed by atoms with E-state index in [-0.39, 0.29) is 0 Å². The van der Waals surface area contributed by atoms with Crippen molar-refractivity contribution < 1.29 is 0 Å². The van der Waals surface area contributed by atoms with E-state index in [9.17, 15) is 0 Å². The second kappa shape index (κ2) is 10.7. The van der Waals surface area contributed by atoms with Crippen LogP contribution >= 0.6 is 7.14 Å². The molecule has 0 amide bonds. The van der Waals surface area contributed by atoms with E-state index in [1.54, 1.807) is 10.8 Å². The van der Waals surface area contributed by atoms with Crippen LogP contribution in [-0.2, 0) is 0 Å². The minimum atomic E-state index is -2.11. The molecule has 0 atom stereocenters. The van der Waals surface area contributed by atoms with Crippen LogP contribution in [0.5, 0.6) is 0 Å². The first-order valence-corrected chi connectivity index (χ1v) is 16.0. The van der Waals surface area contributed by atoms with E-state index in [0.717, 1.165) is 18.3 Å². The van der Waals surface area contributed by atoms with Crippen LogP contribution in [0.2, 0.25) is 11.6 Å². The molecule has 0 saturated heterocycles. The van der Waals surface area contributed by atoms with Crippen molar-refractivity contribution in [2.24, 2.45) is 0 Å². The Morgan fingerprint density at radius 1 is 0.545 bits per heavy atom. The van der Waals surface area contributed by atoms with Gasteiger partial charge in [0.05, 0.1) is 0 Å². The molecule has 0 aliphatic heterocycles. The van der Waals surface area contributed by atoms with Gasteiger partial charge in [0.15, 0.2) is 0 Å². The van der Waals surface area contributed by atoms with Crippen LogP contribution in [0.15, 0.2) is 84.9 Å². The van der Waals surface area contributed by atoms with Crippen LogP contribution < -0.4 is 21.4 Å². The predicted octanol–water partition coefficient (Wildman–Crippen LogP) is 5.63. The Morgan fingerprint density at radius 3 is 1.45 bits per heavy atom. The molecule has 2 aliphatic rings. The van der Waals surface area contributed by atoms with E-state index >= 15 is 0 Å². The molecule has 3 aromatic carbocycles. The van der Waals surface area contributed by atoms with Gasteiger partial charge >= 0.3 is 204 Å². The molecule has 33 heavy (non-hydrogen) atoms. The molecule has 0 nitrogen and oxygen atoms in total. The first kappa shape index (κ1) is 23.0. The van der Waals surface area contributed by atoms with Crippen molar-refractivity contribution >= 4 is 42.8 Å². The SMILES string of the molecule is B[PH](c1ccccc1)(c1ccccc1)c1ccccc1B(C1CCCCC1)C1CCCCC1. The van der Waals surface area contributed by atoms with Crippen molar-refractivity contribution in [3.05, 3.63) is 84.9 Å². The summed E-state index contributed by atoms with van der Waals surface area (Å²) in [6.07, 6.45) is 14.4. The Bertz CT molecular complexity index is 950. The molecule has 3 heteroatoms. The molecule has 0 radical (unpaired) electrons. The molecule has 0 aromatic heterocycles. The summed E-state index contributed by atoms with van der Waals surface area (Å²) in [5, 5.41) is 4.74. The van der Waals surface area contributed by atoms with Gasteiger partial charge in [-0.1, -0.05) is 0 Å². The van der Waals surface area contributed by atoms with E-state index in [1.807, 2.05) is 0 Å². The molecule has 0 N–H and O–H groups in total. The molecule has 170 valence electrons. The molecule has 0 spiro atoms. The topological polar surface area (TPSA) is 0 Å². The zero-order valence-electron chi connectivity index (χ0n) is 20.4. The third-order valence-corrected chi connectivity index (χ3v) is 13.4. The molecule has 0 heterocycles. The summed E-state index contributed by atoms with van der Waals surface area (Å²) in [5.74, 6) is 1.74. The molecule has 2 fully saturated rings. The Balaban J connectivity index is 1.68. The summed E-state index contributed by atoms with van der Waals surface area (Å²) >= 11 is 0. The second-order valence-corrected chi connectivity index (χ2v) is 14.7. The van der Waals surface area contributed by atoms with Crippen LogP contribution in [0.4, 0.5) is 0 Å². The van der Waals surface area contributed by atoms with Gasteiger partial charge in [-0.2, -0.15) is 0 Å². The van der Waals surface area contributed by atoms with Crippen LogP contribution in [0.1, 0.15) is 64.2 Å². The number of hydrogen-bond donors (Lipinski definition) is 0. The summed E-state index contributed by atoms with van der Waals surface area (Å²) in [4.78, 5) is 0. The molecule has 5 rings (SSSR count). The Labute approximate surface area is 203 Å². The van der Waals surface area contributed by atoms with Crippen molar-refractivity contribution in [1.82, 2.24) is 0 Å². The van der Waals surface area contributed by atoms with E-state index in [1.165, 1.54) is 74.8 Å². The molecule has 2 aliphatic carbocycles. The zero-order chi connectivity index (χ0) is 22.5. The van der Waals surface area contributed by atoms with Gasteiger partial charge in [-0.25, -0.2) is 0 Å². The summed E-state index contributed by atoms with van der Waals surface area (Å²) in [6, 6.07) is 32.6. The Hall–Kier alpha value is -1.78. The zero-order valence-corrected chi connectivity index (χ0v) is 21.4. The van der Waals surface area contributed by atoms with Crippen molar-refractivity contribution in [2.45, 2.75) is 75.8 Å². The van der Waals surface area contributed by atoms with E-state index < -0.39 is 7.14 Å². The van der Waals surface area contributed by atoms with E-state index in [4.69, 9.17) is 0 Å². The van der Waals surface area contributed by atoms with Gasteiger partial charge in [-0.05, 0) is 0 Å². The summed E-state index contributed by atoms with van der Waals surface area (Å²) in [7, 11) is 0.494. The van der Waals surface area contributed by atoms with E-state index in [0.29, 0.717) is 0 Å². The quantitative estimate of drug-likeness (QED) is 0.336. The number of benzene rings is 3. The van der Waals surface area contributed by atoms with E-state index in [2.05, 4.69) is 92.5 Å². The normalized spacial score (nSPS) is 18.7. The third-order valence-electron chi connectivity index (χ3n) is 8.88. The fraction of sp³-hybridized carbons (Fsp3) is 0.400. The number of hydrogen-bond acceptors (Lipinski definition) is 0. The van der Waals surface area contributed by atoms with Gasteiger partial charge in [0.2, 0.25) is 0 Å². The van der Waals surface area contributed by atoms with Crippen molar-refractivity contribution in [3.63, 3.8) is 0 Å². The summed E-state index contributed by atoms with van der Waals surface area (Å²) in [5.41, 5.74) is 1.71. The fourth-order valence-corrected chi connectivity index (χ4v) is 11.1. The summed E-state index contributed by atoms with van der Waals surface area (Å²) in [6.45, 7) is 0.737. The standard InChI is InChI=1S/C30H39B2P/c31-33(27-19-9-3-10-20-27,28-21-11-4-12-22-28)30-24-14-13-23-29(30)32(25-15-5-1-6-16-25)26-17-7-2-8-18-26/h3-4,9-14,19-26,33H,1-2,5-8,15-18,31H2. The Morgan fingerprint density at radius 2 is 0.970 bits per heavy atom. The van der Waals surface area contributed by atoms with Gasteiger partial charge in [0.1, 0.15) is 0 Å². The average molecular weight is 452 g/mol. The van der Waals surface area contributed by atoms with Crippen LogP contribution in [0.3, 0.4) is 0 Å². The van der Waals surface area contributed by atoms with Gasteiger partial charge in [-0.3, -0.25) is 0 Å². The molecular formula is C30H39B2P. The average Bonchev–Trinajstić information content (AvgIpc) is 2.91. The second-order valence-electron chi connectivity index (χ2n) is 10.8. The maximum absolute atomic E-state index is 2.61. The molecule has 3 aromatic rings. The fourth-order valence-electron chi connectivity index (χ4n) is 7.14. The van der Waals surface area contributed by atoms with Crippen molar-refractivity contribution in [1.29, 1.82) is 0 Å². The molecule has 0 unspecified atom stereocenters.